The number of carboxylic acid groups (broad SMARTS) is 1. The molecular formula is C11H15NO3. The first-order chi connectivity index (χ1) is 7.27. The number of piperidine rings is 1. The molecule has 0 bridgehead atoms. The first-order valence-electron chi connectivity index (χ1n) is 5.35. The number of hydrogen-bond donors (Lipinski definition) is 1. The molecule has 0 saturated carbocycles. The molecule has 1 aromatic heterocycles. The SMILES string of the molecule is O=C([O-])[C@H]1CCCC[NH+]1Cc1ccco1. The van der Waals surface area contributed by atoms with E-state index in [2.05, 4.69) is 0 Å². The Hall–Kier alpha value is -1.29. The van der Waals surface area contributed by atoms with Crippen molar-refractivity contribution in [1.82, 2.24) is 0 Å². The van der Waals surface area contributed by atoms with Crippen molar-refractivity contribution in [2.45, 2.75) is 31.8 Å². The van der Waals surface area contributed by atoms with Crippen LogP contribution in [0.25, 0.3) is 0 Å². The van der Waals surface area contributed by atoms with Crippen molar-refractivity contribution in [3.8, 4) is 0 Å². The molecule has 1 aromatic rings. The Bertz CT molecular complexity index is 321. The van der Waals surface area contributed by atoms with Gasteiger partial charge in [0.25, 0.3) is 0 Å². The summed E-state index contributed by atoms with van der Waals surface area (Å²) in [5, 5.41) is 10.9. The molecule has 2 atom stereocenters. The zero-order chi connectivity index (χ0) is 10.7. The van der Waals surface area contributed by atoms with Gasteiger partial charge in [0.05, 0.1) is 18.8 Å². The van der Waals surface area contributed by atoms with E-state index in [0.717, 1.165) is 36.5 Å². The third-order valence-electron chi connectivity index (χ3n) is 3.00. The molecule has 4 heteroatoms. The van der Waals surface area contributed by atoms with Crippen molar-refractivity contribution in [2.75, 3.05) is 6.54 Å². The largest absolute Gasteiger partial charge is 0.544 e. The van der Waals surface area contributed by atoms with Crippen LogP contribution in [0.2, 0.25) is 0 Å². The van der Waals surface area contributed by atoms with Crippen LogP contribution in [0.1, 0.15) is 25.0 Å². The number of quaternary nitrogens is 1. The van der Waals surface area contributed by atoms with E-state index in [1.54, 1.807) is 6.26 Å². The summed E-state index contributed by atoms with van der Waals surface area (Å²) in [7, 11) is 0. The lowest BCUT2D eigenvalue weighted by Gasteiger charge is -2.32. The minimum atomic E-state index is -0.934. The second-order valence-corrected chi connectivity index (χ2v) is 4.03. The molecule has 2 rings (SSSR count). The van der Waals surface area contributed by atoms with Gasteiger partial charge in [0, 0.05) is 6.42 Å². The van der Waals surface area contributed by atoms with Gasteiger partial charge in [-0.1, -0.05) is 0 Å². The van der Waals surface area contributed by atoms with Crippen LogP contribution in [-0.2, 0) is 11.3 Å². The highest BCUT2D eigenvalue weighted by molar-refractivity contribution is 5.69. The smallest absolute Gasteiger partial charge is 0.157 e. The fourth-order valence-corrected chi connectivity index (χ4v) is 2.21. The van der Waals surface area contributed by atoms with Gasteiger partial charge in [0.15, 0.2) is 5.76 Å². The second kappa shape index (κ2) is 4.49. The van der Waals surface area contributed by atoms with Gasteiger partial charge in [-0.3, -0.25) is 0 Å². The normalized spacial score (nSPS) is 26.4. The van der Waals surface area contributed by atoms with Gasteiger partial charge >= 0.3 is 0 Å². The lowest BCUT2D eigenvalue weighted by atomic mass is 10.0. The fraction of sp³-hybridized carbons (Fsp3) is 0.545. The molecule has 15 heavy (non-hydrogen) atoms. The van der Waals surface area contributed by atoms with Crippen molar-refractivity contribution >= 4 is 5.97 Å². The predicted molar refractivity (Wildman–Crippen MR) is 50.9 cm³/mol. The number of likely N-dealkylation sites (tertiary alicyclic amines) is 1. The number of hydrogen-bond acceptors (Lipinski definition) is 3. The monoisotopic (exact) mass is 209 g/mol. The Balaban J connectivity index is 2.02. The molecular weight excluding hydrogens is 194 g/mol. The second-order valence-electron chi connectivity index (χ2n) is 4.03. The molecule has 0 spiro atoms. The fourth-order valence-electron chi connectivity index (χ4n) is 2.21. The Kier molecular flexibility index (Phi) is 3.06. The number of furan rings is 1. The zero-order valence-electron chi connectivity index (χ0n) is 8.57. The summed E-state index contributed by atoms with van der Waals surface area (Å²) < 4.78 is 5.23. The summed E-state index contributed by atoms with van der Waals surface area (Å²) in [5.74, 6) is -0.0885. The Morgan fingerprint density at radius 1 is 1.60 bits per heavy atom. The first-order valence-corrected chi connectivity index (χ1v) is 5.35. The van der Waals surface area contributed by atoms with Gasteiger partial charge in [-0.2, -0.15) is 0 Å². The third kappa shape index (κ3) is 2.39. The molecule has 2 heterocycles. The van der Waals surface area contributed by atoms with Gasteiger partial charge in [-0.15, -0.1) is 0 Å². The number of aliphatic carboxylic acids is 1. The summed E-state index contributed by atoms with van der Waals surface area (Å²) in [6.07, 6.45) is 4.41. The molecule has 0 aliphatic carbocycles. The first kappa shape index (κ1) is 10.2. The van der Waals surface area contributed by atoms with E-state index in [1.807, 2.05) is 12.1 Å². The lowest BCUT2D eigenvalue weighted by molar-refractivity contribution is -0.938. The average molecular weight is 209 g/mol. The Morgan fingerprint density at radius 3 is 3.13 bits per heavy atom. The molecule has 0 radical (unpaired) electrons. The van der Waals surface area contributed by atoms with E-state index >= 15 is 0 Å². The third-order valence-corrected chi connectivity index (χ3v) is 3.00. The van der Waals surface area contributed by atoms with Crippen molar-refractivity contribution in [3.63, 3.8) is 0 Å². The summed E-state index contributed by atoms with van der Waals surface area (Å²) in [4.78, 5) is 12.0. The maximum Gasteiger partial charge on any atom is 0.157 e. The number of carbonyl (C=O) groups is 1. The zero-order valence-corrected chi connectivity index (χ0v) is 8.57. The summed E-state index contributed by atoms with van der Waals surface area (Å²) >= 11 is 0. The van der Waals surface area contributed by atoms with Crippen LogP contribution in [-0.4, -0.2) is 18.6 Å². The maximum atomic E-state index is 10.9. The van der Waals surface area contributed by atoms with Crippen molar-refractivity contribution in [3.05, 3.63) is 24.2 Å². The quantitative estimate of drug-likeness (QED) is 0.692. The van der Waals surface area contributed by atoms with Gasteiger partial charge in [0.2, 0.25) is 0 Å². The topological polar surface area (TPSA) is 57.7 Å². The molecule has 1 N–H and O–H groups in total. The van der Waals surface area contributed by atoms with Crippen LogP contribution in [0.3, 0.4) is 0 Å². The average Bonchev–Trinajstić information content (AvgIpc) is 2.71. The van der Waals surface area contributed by atoms with Gasteiger partial charge in [0.1, 0.15) is 12.6 Å². The van der Waals surface area contributed by atoms with E-state index < -0.39 is 5.97 Å². The van der Waals surface area contributed by atoms with E-state index in [4.69, 9.17) is 4.42 Å². The molecule has 1 saturated heterocycles. The number of rotatable bonds is 3. The molecule has 1 fully saturated rings. The highest BCUT2D eigenvalue weighted by atomic mass is 16.4. The van der Waals surface area contributed by atoms with E-state index in [9.17, 15) is 9.90 Å². The Labute approximate surface area is 88.5 Å². The molecule has 4 nitrogen and oxygen atoms in total. The van der Waals surface area contributed by atoms with Gasteiger partial charge < -0.3 is 19.2 Å². The minimum Gasteiger partial charge on any atom is -0.544 e. The molecule has 82 valence electrons. The van der Waals surface area contributed by atoms with E-state index in [-0.39, 0.29) is 6.04 Å². The van der Waals surface area contributed by atoms with Crippen LogP contribution in [0, 0.1) is 0 Å². The highest BCUT2D eigenvalue weighted by Gasteiger charge is 2.27. The Morgan fingerprint density at radius 2 is 2.47 bits per heavy atom. The van der Waals surface area contributed by atoms with Crippen LogP contribution < -0.4 is 10.0 Å². The van der Waals surface area contributed by atoms with E-state index in [0.29, 0.717) is 6.54 Å². The lowest BCUT2D eigenvalue weighted by Crippen LogP contribution is -3.16. The van der Waals surface area contributed by atoms with Gasteiger partial charge in [-0.25, -0.2) is 0 Å². The van der Waals surface area contributed by atoms with Crippen LogP contribution in [0.15, 0.2) is 22.8 Å². The molecule has 1 aliphatic heterocycles. The highest BCUT2D eigenvalue weighted by Crippen LogP contribution is 2.04. The molecule has 0 aromatic carbocycles. The standard InChI is InChI=1S/C11H15NO3/c13-11(14)10-5-1-2-6-12(10)8-9-4-3-7-15-9/h3-4,7,10H,1-2,5-6,8H2,(H,13,14)/t10-/m1/s1. The molecule has 0 amide bonds. The van der Waals surface area contributed by atoms with Crippen LogP contribution in [0.5, 0.6) is 0 Å². The minimum absolute atomic E-state index is 0.371. The van der Waals surface area contributed by atoms with Gasteiger partial charge in [-0.05, 0) is 25.0 Å². The van der Waals surface area contributed by atoms with Crippen molar-refractivity contribution < 1.29 is 19.2 Å². The number of carboxylic acids is 1. The molecule has 1 unspecified atom stereocenters. The summed E-state index contributed by atoms with van der Waals surface area (Å²) in [6, 6.07) is 3.34. The number of carbonyl (C=O) groups excluding carboxylic acids is 1. The summed E-state index contributed by atoms with van der Waals surface area (Å²) in [6.45, 7) is 1.53. The van der Waals surface area contributed by atoms with Crippen molar-refractivity contribution in [2.24, 2.45) is 0 Å². The predicted octanol–water partition coefficient (Wildman–Crippen LogP) is -1.03. The van der Waals surface area contributed by atoms with Crippen LogP contribution >= 0.6 is 0 Å². The summed E-state index contributed by atoms with van der Waals surface area (Å²) in [5.41, 5.74) is 0. The van der Waals surface area contributed by atoms with Crippen LogP contribution in [0.4, 0.5) is 0 Å². The van der Waals surface area contributed by atoms with E-state index in [1.165, 1.54) is 0 Å². The maximum absolute atomic E-state index is 10.9. The van der Waals surface area contributed by atoms with Crippen molar-refractivity contribution in [1.29, 1.82) is 0 Å². The number of nitrogens with one attached hydrogen (secondary N) is 1. The molecule has 1 aliphatic rings.